The van der Waals surface area contributed by atoms with Gasteiger partial charge in [0, 0.05) is 31.5 Å². The number of nitrogen functional groups attached to an aromatic ring is 1. The summed E-state index contributed by atoms with van der Waals surface area (Å²) in [4.78, 5) is 15.8. The molecule has 0 radical (unpaired) electrons. The first-order valence-corrected chi connectivity index (χ1v) is 6.50. The summed E-state index contributed by atoms with van der Waals surface area (Å²) < 4.78 is 4.97. The number of oxazole rings is 1. The minimum absolute atomic E-state index is 0.450. The van der Waals surface area contributed by atoms with Gasteiger partial charge >= 0.3 is 5.76 Å². The molecule has 0 amide bonds. The molecule has 0 spiro atoms. The molecule has 0 aliphatic rings. The fourth-order valence-corrected chi connectivity index (χ4v) is 2.12. The van der Waals surface area contributed by atoms with Crippen molar-refractivity contribution in [3.05, 3.63) is 46.9 Å². The summed E-state index contributed by atoms with van der Waals surface area (Å²) in [6, 6.07) is 11.3. The number of nitrogens with one attached hydrogen (secondary N) is 2. The number of aromatic amines is 1. The van der Waals surface area contributed by atoms with Crippen LogP contribution in [0.3, 0.4) is 0 Å². The molecule has 0 aliphatic heterocycles. The molecule has 0 saturated carbocycles. The Morgan fingerprint density at radius 2 is 1.90 bits per heavy atom. The molecule has 0 bridgehead atoms. The van der Waals surface area contributed by atoms with Gasteiger partial charge in [-0.05, 0) is 30.3 Å². The standard InChI is InChI=1S/C15H16N4O2/c1-19(2)10-5-3-9(4-6-10)17-12-8-13-14(7-11(12)16)21-15(20)18-13/h3-8,17H,16H2,1-2H3,(H,18,20). The van der Waals surface area contributed by atoms with Gasteiger partial charge in [-0.1, -0.05) is 0 Å². The Balaban J connectivity index is 1.93. The van der Waals surface area contributed by atoms with Crippen molar-refractivity contribution in [2.45, 2.75) is 0 Å². The highest BCUT2D eigenvalue weighted by atomic mass is 16.4. The van der Waals surface area contributed by atoms with Gasteiger partial charge in [0.2, 0.25) is 0 Å². The summed E-state index contributed by atoms with van der Waals surface area (Å²) in [5, 5.41) is 3.23. The van der Waals surface area contributed by atoms with E-state index in [2.05, 4.69) is 10.3 Å². The Hall–Kier alpha value is -2.89. The lowest BCUT2D eigenvalue weighted by Gasteiger charge is -2.14. The molecule has 0 aliphatic carbocycles. The van der Waals surface area contributed by atoms with Gasteiger partial charge in [-0.15, -0.1) is 0 Å². The van der Waals surface area contributed by atoms with Crippen LogP contribution in [0.15, 0.2) is 45.6 Å². The zero-order chi connectivity index (χ0) is 15.0. The molecule has 6 nitrogen and oxygen atoms in total. The molecule has 1 heterocycles. The molecule has 4 N–H and O–H groups in total. The molecule has 3 aromatic rings. The molecule has 1 aromatic heterocycles. The zero-order valence-corrected chi connectivity index (χ0v) is 11.8. The van der Waals surface area contributed by atoms with E-state index in [1.165, 1.54) is 0 Å². The lowest BCUT2D eigenvalue weighted by Crippen LogP contribution is -2.08. The largest absolute Gasteiger partial charge is 0.417 e. The van der Waals surface area contributed by atoms with Crippen LogP contribution in [-0.2, 0) is 0 Å². The number of rotatable bonds is 3. The number of benzene rings is 2. The van der Waals surface area contributed by atoms with Crippen LogP contribution < -0.4 is 21.7 Å². The van der Waals surface area contributed by atoms with Gasteiger partial charge in [0.05, 0.1) is 16.9 Å². The second kappa shape index (κ2) is 4.90. The van der Waals surface area contributed by atoms with E-state index < -0.39 is 5.76 Å². The average Bonchev–Trinajstić information content (AvgIpc) is 2.79. The summed E-state index contributed by atoms with van der Waals surface area (Å²) in [7, 11) is 3.98. The van der Waals surface area contributed by atoms with Gasteiger partial charge < -0.3 is 20.4 Å². The summed E-state index contributed by atoms with van der Waals surface area (Å²) >= 11 is 0. The number of hydrogen-bond acceptors (Lipinski definition) is 5. The van der Waals surface area contributed by atoms with Crippen molar-refractivity contribution in [2.24, 2.45) is 0 Å². The Labute approximate surface area is 121 Å². The van der Waals surface area contributed by atoms with Crippen LogP contribution in [0.25, 0.3) is 11.1 Å². The molecule has 3 rings (SSSR count). The molecule has 0 saturated heterocycles. The number of nitrogens with two attached hydrogens (primary N) is 1. The van der Waals surface area contributed by atoms with Gasteiger partial charge in [0.15, 0.2) is 5.58 Å². The van der Waals surface area contributed by atoms with Crippen molar-refractivity contribution in [1.82, 2.24) is 4.98 Å². The third kappa shape index (κ3) is 2.55. The maximum Gasteiger partial charge on any atom is 0.417 e. The van der Waals surface area contributed by atoms with E-state index >= 15 is 0 Å². The summed E-state index contributed by atoms with van der Waals surface area (Å²) in [5.41, 5.74) is 10.3. The molecule has 21 heavy (non-hydrogen) atoms. The van der Waals surface area contributed by atoms with Gasteiger partial charge in [0.1, 0.15) is 0 Å². The van der Waals surface area contributed by atoms with Crippen molar-refractivity contribution < 1.29 is 4.42 Å². The van der Waals surface area contributed by atoms with E-state index in [0.29, 0.717) is 16.8 Å². The fraction of sp³-hybridized carbons (Fsp3) is 0.133. The van der Waals surface area contributed by atoms with Crippen molar-refractivity contribution in [1.29, 1.82) is 0 Å². The summed E-state index contributed by atoms with van der Waals surface area (Å²) in [6.45, 7) is 0. The maximum absolute atomic E-state index is 11.2. The monoisotopic (exact) mass is 284 g/mol. The average molecular weight is 284 g/mol. The van der Waals surface area contributed by atoms with E-state index in [1.807, 2.05) is 43.3 Å². The highest BCUT2D eigenvalue weighted by molar-refractivity contribution is 5.87. The Morgan fingerprint density at radius 3 is 2.57 bits per heavy atom. The van der Waals surface area contributed by atoms with Crippen LogP contribution >= 0.6 is 0 Å². The van der Waals surface area contributed by atoms with Crippen LogP contribution in [0.5, 0.6) is 0 Å². The third-order valence-corrected chi connectivity index (χ3v) is 3.25. The van der Waals surface area contributed by atoms with E-state index in [9.17, 15) is 4.79 Å². The number of H-pyrrole nitrogens is 1. The van der Waals surface area contributed by atoms with Crippen molar-refractivity contribution >= 4 is 33.8 Å². The van der Waals surface area contributed by atoms with Crippen LogP contribution in [0.4, 0.5) is 22.7 Å². The topological polar surface area (TPSA) is 87.3 Å². The zero-order valence-electron chi connectivity index (χ0n) is 11.8. The fourth-order valence-electron chi connectivity index (χ4n) is 2.12. The molecular weight excluding hydrogens is 268 g/mol. The van der Waals surface area contributed by atoms with E-state index in [0.717, 1.165) is 17.1 Å². The quantitative estimate of drug-likeness (QED) is 0.643. The summed E-state index contributed by atoms with van der Waals surface area (Å²) in [5.74, 6) is -0.489. The predicted molar refractivity (Wildman–Crippen MR) is 85.3 cm³/mol. The third-order valence-electron chi connectivity index (χ3n) is 3.25. The van der Waals surface area contributed by atoms with E-state index in [1.54, 1.807) is 12.1 Å². The Bertz CT molecular complexity index is 831. The highest BCUT2D eigenvalue weighted by Gasteiger charge is 2.07. The van der Waals surface area contributed by atoms with Gasteiger partial charge in [0.25, 0.3) is 0 Å². The molecule has 0 unspecified atom stereocenters. The van der Waals surface area contributed by atoms with E-state index in [4.69, 9.17) is 10.2 Å². The number of nitrogens with zero attached hydrogens (tertiary/aromatic N) is 1. The number of fused-ring (bicyclic) bond motifs is 1. The van der Waals surface area contributed by atoms with Crippen molar-refractivity contribution in [3.8, 4) is 0 Å². The minimum atomic E-state index is -0.489. The second-order valence-electron chi connectivity index (χ2n) is 5.02. The lowest BCUT2D eigenvalue weighted by molar-refractivity contribution is 0.555. The van der Waals surface area contributed by atoms with Crippen LogP contribution in [-0.4, -0.2) is 19.1 Å². The van der Waals surface area contributed by atoms with Crippen molar-refractivity contribution in [2.75, 3.05) is 30.0 Å². The molecule has 2 aromatic carbocycles. The van der Waals surface area contributed by atoms with Crippen molar-refractivity contribution in [3.63, 3.8) is 0 Å². The number of anilines is 4. The highest BCUT2D eigenvalue weighted by Crippen LogP contribution is 2.28. The minimum Gasteiger partial charge on any atom is -0.408 e. The number of aromatic nitrogens is 1. The SMILES string of the molecule is CN(C)c1ccc(Nc2cc3[nH]c(=O)oc3cc2N)cc1. The first-order chi connectivity index (χ1) is 10.0. The van der Waals surface area contributed by atoms with Gasteiger partial charge in [-0.3, -0.25) is 4.98 Å². The Morgan fingerprint density at radius 1 is 1.19 bits per heavy atom. The first kappa shape index (κ1) is 13.1. The van der Waals surface area contributed by atoms with Gasteiger partial charge in [-0.25, -0.2) is 4.79 Å². The van der Waals surface area contributed by atoms with Crippen LogP contribution in [0, 0.1) is 0 Å². The molecular formula is C15H16N4O2. The normalized spacial score (nSPS) is 10.8. The molecule has 0 fully saturated rings. The number of hydrogen-bond donors (Lipinski definition) is 3. The second-order valence-corrected chi connectivity index (χ2v) is 5.02. The molecule has 108 valence electrons. The van der Waals surface area contributed by atoms with E-state index in [-0.39, 0.29) is 0 Å². The van der Waals surface area contributed by atoms with Crippen LogP contribution in [0.2, 0.25) is 0 Å². The Kier molecular flexibility index (Phi) is 3.06. The predicted octanol–water partition coefficient (Wildman–Crippen LogP) is 2.51. The molecule has 0 atom stereocenters. The smallest absolute Gasteiger partial charge is 0.408 e. The summed E-state index contributed by atoms with van der Waals surface area (Å²) in [6.07, 6.45) is 0. The molecule has 6 heteroatoms. The van der Waals surface area contributed by atoms with Crippen LogP contribution in [0.1, 0.15) is 0 Å². The lowest BCUT2D eigenvalue weighted by atomic mass is 10.2. The maximum atomic E-state index is 11.2. The van der Waals surface area contributed by atoms with Gasteiger partial charge in [-0.2, -0.15) is 0 Å². The first-order valence-electron chi connectivity index (χ1n) is 6.50.